The summed E-state index contributed by atoms with van der Waals surface area (Å²) < 4.78 is 13.3. The van der Waals surface area contributed by atoms with E-state index in [1.54, 1.807) is 12.1 Å². The normalized spacial score (nSPS) is 10.4. The maximum atomic E-state index is 12.9. The fourth-order valence-corrected chi connectivity index (χ4v) is 1.43. The van der Waals surface area contributed by atoms with Gasteiger partial charge >= 0.3 is 0 Å². The molecule has 0 unspecified atom stereocenters. The van der Waals surface area contributed by atoms with Gasteiger partial charge in [0.2, 0.25) is 5.95 Å². The van der Waals surface area contributed by atoms with Crippen LogP contribution in [0.1, 0.15) is 0 Å². The second kappa shape index (κ2) is 3.38. The molecule has 2 aromatic rings. The summed E-state index contributed by atoms with van der Waals surface area (Å²) in [6, 6.07) is 4.55. The lowest BCUT2D eigenvalue weighted by molar-refractivity contribution is 0.621. The first-order valence-corrected chi connectivity index (χ1v) is 4.59. The number of H-pyrrole nitrogens is 1. The van der Waals surface area contributed by atoms with Crippen LogP contribution in [-0.2, 0) is 0 Å². The summed E-state index contributed by atoms with van der Waals surface area (Å²) in [5.41, 5.74) is 6.07. The van der Waals surface area contributed by atoms with Gasteiger partial charge in [-0.25, -0.2) is 4.39 Å². The van der Waals surface area contributed by atoms with Gasteiger partial charge in [-0.05, 0) is 34.1 Å². The minimum atomic E-state index is -0.318. The van der Waals surface area contributed by atoms with Crippen molar-refractivity contribution in [2.75, 3.05) is 5.73 Å². The summed E-state index contributed by atoms with van der Waals surface area (Å²) in [6.07, 6.45) is 0. The van der Waals surface area contributed by atoms with Crippen molar-refractivity contribution in [3.05, 3.63) is 28.5 Å². The number of nitrogens with zero attached hydrogens (tertiary/aromatic N) is 2. The molecule has 4 nitrogen and oxygen atoms in total. The van der Waals surface area contributed by atoms with Gasteiger partial charge in [0, 0.05) is 5.56 Å². The number of halogens is 2. The topological polar surface area (TPSA) is 67.6 Å². The van der Waals surface area contributed by atoms with E-state index < -0.39 is 0 Å². The molecule has 0 aliphatic heterocycles. The molecule has 6 heteroatoms. The standard InChI is InChI=1S/C8H6BrFN4/c9-5-3-4(1-2-6(5)10)7-12-8(11)14-13-7/h1-3H,(H3,11,12,13,14). The molecule has 0 aliphatic carbocycles. The molecule has 1 heterocycles. The Hall–Kier alpha value is -1.43. The van der Waals surface area contributed by atoms with Crippen LogP contribution in [0.5, 0.6) is 0 Å². The van der Waals surface area contributed by atoms with E-state index in [2.05, 4.69) is 31.1 Å². The van der Waals surface area contributed by atoms with E-state index in [-0.39, 0.29) is 11.8 Å². The zero-order chi connectivity index (χ0) is 10.1. The summed E-state index contributed by atoms with van der Waals surface area (Å²) >= 11 is 3.08. The Morgan fingerprint density at radius 2 is 2.21 bits per heavy atom. The van der Waals surface area contributed by atoms with E-state index in [1.165, 1.54) is 6.07 Å². The average molecular weight is 257 g/mol. The van der Waals surface area contributed by atoms with Crippen molar-refractivity contribution in [1.29, 1.82) is 0 Å². The molecule has 0 radical (unpaired) electrons. The number of anilines is 1. The highest BCUT2D eigenvalue weighted by Gasteiger charge is 2.05. The molecule has 0 spiro atoms. The highest BCUT2D eigenvalue weighted by Crippen LogP contribution is 2.22. The molecule has 0 fully saturated rings. The lowest BCUT2D eigenvalue weighted by atomic mass is 10.2. The van der Waals surface area contributed by atoms with Gasteiger partial charge in [0.25, 0.3) is 0 Å². The van der Waals surface area contributed by atoms with E-state index >= 15 is 0 Å². The Bertz CT molecular complexity index is 468. The van der Waals surface area contributed by atoms with Gasteiger partial charge in [0.05, 0.1) is 4.47 Å². The van der Waals surface area contributed by atoms with Crippen LogP contribution in [0.15, 0.2) is 22.7 Å². The van der Waals surface area contributed by atoms with Crippen LogP contribution >= 0.6 is 15.9 Å². The summed E-state index contributed by atoms with van der Waals surface area (Å²) in [5, 5.41) is 6.32. The third kappa shape index (κ3) is 1.60. The first-order chi connectivity index (χ1) is 6.66. The number of aromatic nitrogens is 3. The van der Waals surface area contributed by atoms with E-state index in [1.807, 2.05) is 0 Å². The minimum Gasteiger partial charge on any atom is -0.366 e. The fraction of sp³-hybridized carbons (Fsp3) is 0. The lowest BCUT2D eigenvalue weighted by Gasteiger charge is -1.97. The maximum absolute atomic E-state index is 12.9. The molecule has 0 saturated heterocycles. The Balaban J connectivity index is 2.47. The summed E-state index contributed by atoms with van der Waals surface area (Å²) in [6.45, 7) is 0. The molecule has 0 atom stereocenters. The first-order valence-electron chi connectivity index (χ1n) is 3.80. The minimum absolute atomic E-state index is 0.167. The van der Waals surface area contributed by atoms with E-state index in [4.69, 9.17) is 5.73 Å². The summed E-state index contributed by atoms with van der Waals surface area (Å²) in [4.78, 5) is 3.92. The number of nitrogens with two attached hydrogens (primary N) is 1. The number of nitrogens with one attached hydrogen (secondary N) is 1. The molecule has 0 saturated carbocycles. The Labute approximate surface area is 87.5 Å². The first kappa shape index (κ1) is 9.14. The molecular formula is C8H6BrFN4. The number of hydrogen-bond acceptors (Lipinski definition) is 3. The molecule has 1 aromatic carbocycles. The van der Waals surface area contributed by atoms with Crippen molar-refractivity contribution >= 4 is 21.9 Å². The van der Waals surface area contributed by atoms with Gasteiger partial charge in [0.15, 0.2) is 5.82 Å². The van der Waals surface area contributed by atoms with Crippen LogP contribution < -0.4 is 5.73 Å². The van der Waals surface area contributed by atoms with Crippen molar-refractivity contribution in [2.24, 2.45) is 0 Å². The van der Waals surface area contributed by atoms with Gasteiger partial charge < -0.3 is 5.73 Å². The predicted molar refractivity (Wildman–Crippen MR) is 53.9 cm³/mol. The Morgan fingerprint density at radius 3 is 2.79 bits per heavy atom. The van der Waals surface area contributed by atoms with Crippen LogP contribution in [-0.4, -0.2) is 15.2 Å². The quantitative estimate of drug-likeness (QED) is 0.820. The van der Waals surface area contributed by atoms with Crippen molar-refractivity contribution in [3.8, 4) is 11.4 Å². The zero-order valence-corrected chi connectivity index (χ0v) is 8.55. The zero-order valence-electron chi connectivity index (χ0n) is 6.96. The summed E-state index contributed by atoms with van der Waals surface area (Å²) in [5.74, 6) is 0.366. The molecule has 2 rings (SSSR count). The SMILES string of the molecule is Nc1n[nH]c(-c2ccc(F)c(Br)c2)n1. The van der Waals surface area contributed by atoms with Gasteiger partial charge in [-0.15, -0.1) is 5.10 Å². The fourth-order valence-electron chi connectivity index (χ4n) is 1.05. The van der Waals surface area contributed by atoms with Gasteiger partial charge in [-0.1, -0.05) is 0 Å². The van der Waals surface area contributed by atoms with Crippen LogP contribution in [0.4, 0.5) is 10.3 Å². The van der Waals surface area contributed by atoms with Gasteiger partial charge in [-0.3, -0.25) is 5.10 Å². The van der Waals surface area contributed by atoms with Crippen LogP contribution in [0, 0.1) is 5.82 Å². The molecular weight excluding hydrogens is 251 g/mol. The lowest BCUT2D eigenvalue weighted by Crippen LogP contribution is -1.86. The van der Waals surface area contributed by atoms with Crippen molar-refractivity contribution in [3.63, 3.8) is 0 Å². The van der Waals surface area contributed by atoms with Crippen molar-refractivity contribution in [2.45, 2.75) is 0 Å². The predicted octanol–water partition coefficient (Wildman–Crippen LogP) is 1.96. The van der Waals surface area contributed by atoms with E-state index in [9.17, 15) is 4.39 Å². The van der Waals surface area contributed by atoms with E-state index in [0.717, 1.165) is 5.56 Å². The summed E-state index contributed by atoms with van der Waals surface area (Å²) in [7, 11) is 0. The smallest absolute Gasteiger partial charge is 0.239 e. The van der Waals surface area contributed by atoms with Crippen LogP contribution in [0.25, 0.3) is 11.4 Å². The number of benzene rings is 1. The Morgan fingerprint density at radius 1 is 1.43 bits per heavy atom. The van der Waals surface area contributed by atoms with Gasteiger partial charge in [0.1, 0.15) is 5.82 Å². The number of aromatic amines is 1. The third-order valence-corrected chi connectivity index (χ3v) is 2.30. The van der Waals surface area contributed by atoms with Crippen molar-refractivity contribution in [1.82, 2.24) is 15.2 Å². The Kier molecular flexibility index (Phi) is 2.20. The molecule has 0 aliphatic rings. The monoisotopic (exact) mass is 256 g/mol. The second-order valence-electron chi connectivity index (χ2n) is 2.67. The number of nitrogen functional groups attached to an aromatic ring is 1. The molecule has 72 valence electrons. The van der Waals surface area contributed by atoms with Crippen LogP contribution in [0.2, 0.25) is 0 Å². The highest BCUT2D eigenvalue weighted by atomic mass is 79.9. The van der Waals surface area contributed by atoms with Crippen LogP contribution in [0.3, 0.4) is 0 Å². The maximum Gasteiger partial charge on any atom is 0.239 e. The van der Waals surface area contributed by atoms with Crippen molar-refractivity contribution < 1.29 is 4.39 Å². The van der Waals surface area contributed by atoms with Gasteiger partial charge in [-0.2, -0.15) is 4.98 Å². The average Bonchev–Trinajstić information content (AvgIpc) is 2.57. The largest absolute Gasteiger partial charge is 0.366 e. The van der Waals surface area contributed by atoms with E-state index in [0.29, 0.717) is 10.3 Å². The molecule has 3 N–H and O–H groups in total. The highest BCUT2D eigenvalue weighted by molar-refractivity contribution is 9.10. The second-order valence-corrected chi connectivity index (χ2v) is 3.53. The third-order valence-electron chi connectivity index (χ3n) is 1.70. The molecule has 0 amide bonds. The molecule has 0 bridgehead atoms. The number of hydrogen-bond donors (Lipinski definition) is 2. The number of rotatable bonds is 1. The molecule has 1 aromatic heterocycles. The molecule has 14 heavy (non-hydrogen) atoms.